The van der Waals surface area contributed by atoms with E-state index in [9.17, 15) is 0 Å². The normalized spacial score (nSPS) is 11.8. The van der Waals surface area contributed by atoms with Crippen LogP contribution in [0.25, 0.3) is 0 Å². The van der Waals surface area contributed by atoms with Crippen molar-refractivity contribution in [1.29, 1.82) is 0 Å². The maximum atomic E-state index is 6.73. The first-order valence-electron chi connectivity index (χ1n) is 13.9. The number of aryl methyl sites for hydroxylation is 2. The van der Waals surface area contributed by atoms with E-state index < -0.39 is 7.92 Å². The van der Waals surface area contributed by atoms with Crippen molar-refractivity contribution in [2.45, 2.75) is 46.6 Å². The molecule has 0 aliphatic heterocycles. The van der Waals surface area contributed by atoms with Crippen LogP contribution in [0.5, 0.6) is 5.75 Å². The summed E-state index contributed by atoms with van der Waals surface area (Å²) in [6.07, 6.45) is 0. The average Bonchev–Trinajstić information content (AvgIpc) is 2.95. The van der Waals surface area contributed by atoms with Crippen LogP contribution < -0.4 is 31.3 Å². The molecule has 40 heavy (non-hydrogen) atoms. The Labute approximate surface area is 243 Å². The van der Waals surface area contributed by atoms with E-state index >= 15 is 0 Å². The van der Waals surface area contributed by atoms with E-state index in [1.54, 1.807) is 0 Å². The van der Waals surface area contributed by atoms with Gasteiger partial charge in [0.05, 0.1) is 0 Å². The smallest absolute Gasteiger partial charge is 0.131 e. The molecule has 1 unspecified atom stereocenters. The standard InChI is InChI=1S/C37H38OP2/c1-27-24-32(37(3,4)5)35(38-26-29-17-9-6-10-18-29)33(25-27)39-36-28(2)16-15-23-34(36)40(30-19-11-7-12-20-30)31-21-13-8-14-22-31/h6-25,39H,26H2,1-5H3. The summed E-state index contributed by atoms with van der Waals surface area (Å²) in [5, 5.41) is 6.89. The van der Waals surface area contributed by atoms with Gasteiger partial charge in [-0.3, -0.25) is 0 Å². The fourth-order valence-corrected chi connectivity index (χ4v) is 9.34. The second kappa shape index (κ2) is 12.5. The van der Waals surface area contributed by atoms with Gasteiger partial charge in [-0.25, -0.2) is 0 Å². The zero-order valence-corrected chi connectivity index (χ0v) is 26.0. The number of hydrogen-bond acceptors (Lipinski definition) is 1. The Balaban J connectivity index is 1.64. The van der Waals surface area contributed by atoms with Gasteiger partial charge in [-0.05, 0) is 71.2 Å². The highest BCUT2D eigenvalue weighted by Crippen LogP contribution is 2.37. The van der Waals surface area contributed by atoms with Crippen LogP contribution in [-0.2, 0) is 12.0 Å². The highest BCUT2D eigenvalue weighted by atomic mass is 31.1. The van der Waals surface area contributed by atoms with E-state index in [1.807, 2.05) is 0 Å². The molecule has 0 saturated heterocycles. The maximum absolute atomic E-state index is 6.73. The van der Waals surface area contributed by atoms with Crippen molar-refractivity contribution in [1.82, 2.24) is 0 Å². The lowest BCUT2D eigenvalue weighted by Gasteiger charge is -2.27. The van der Waals surface area contributed by atoms with Crippen molar-refractivity contribution in [3.8, 4) is 5.75 Å². The molecule has 5 aromatic carbocycles. The maximum Gasteiger partial charge on any atom is 0.131 e. The van der Waals surface area contributed by atoms with Crippen LogP contribution in [0.3, 0.4) is 0 Å². The van der Waals surface area contributed by atoms with Gasteiger partial charge in [-0.1, -0.05) is 145 Å². The van der Waals surface area contributed by atoms with Gasteiger partial charge in [-0.15, -0.1) is 0 Å². The Morgan fingerprint density at radius 1 is 0.675 bits per heavy atom. The Hall–Kier alpha value is -3.24. The molecule has 0 radical (unpaired) electrons. The molecule has 1 nitrogen and oxygen atoms in total. The molecule has 0 bridgehead atoms. The summed E-state index contributed by atoms with van der Waals surface area (Å²) in [6.45, 7) is 11.9. The quantitative estimate of drug-likeness (QED) is 0.178. The third kappa shape index (κ3) is 6.55. The van der Waals surface area contributed by atoms with Crippen LogP contribution in [0.15, 0.2) is 121 Å². The van der Waals surface area contributed by atoms with Gasteiger partial charge in [0.15, 0.2) is 0 Å². The molecule has 3 heteroatoms. The first-order valence-corrected chi connectivity index (χ1v) is 16.2. The van der Waals surface area contributed by atoms with Gasteiger partial charge in [0.25, 0.3) is 0 Å². The molecule has 1 atom stereocenters. The van der Waals surface area contributed by atoms with Crippen LogP contribution in [0.4, 0.5) is 0 Å². The zero-order chi connectivity index (χ0) is 28.1. The average molecular weight is 561 g/mol. The number of rotatable bonds is 8. The Morgan fingerprint density at radius 2 is 1.25 bits per heavy atom. The fourth-order valence-electron chi connectivity index (χ4n) is 5.03. The third-order valence-corrected chi connectivity index (χ3v) is 11.3. The minimum Gasteiger partial charge on any atom is -0.488 e. The first-order chi connectivity index (χ1) is 19.3. The van der Waals surface area contributed by atoms with Crippen LogP contribution in [0.1, 0.15) is 43.0 Å². The topological polar surface area (TPSA) is 9.23 Å². The summed E-state index contributed by atoms with van der Waals surface area (Å²) in [5.41, 5.74) is 5.04. The van der Waals surface area contributed by atoms with Crippen molar-refractivity contribution in [3.63, 3.8) is 0 Å². The van der Waals surface area contributed by atoms with E-state index in [0.717, 1.165) is 5.75 Å². The molecular formula is C37H38OP2. The van der Waals surface area contributed by atoms with Crippen molar-refractivity contribution >= 4 is 43.0 Å². The molecule has 0 aliphatic carbocycles. The monoisotopic (exact) mass is 560 g/mol. The van der Waals surface area contributed by atoms with Crippen LogP contribution in [0.2, 0.25) is 0 Å². The lowest BCUT2D eigenvalue weighted by molar-refractivity contribution is 0.300. The second-order valence-electron chi connectivity index (χ2n) is 11.3. The highest BCUT2D eigenvalue weighted by molar-refractivity contribution is 7.81. The molecule has 5 aromatic rings. The lowest BCUT2D eigenvalue weighted by Crippen LogP contribution is -2.31. The fraction of sp³-hybridized carbons (Fsp3) is 0.189. The largest absolute Gasteiger partial charge is 0.488 e. The van der Waals surface area contributed by atoms with Gasteiger partial charge >= 0.3 is 0 Å². The van der Waals surface area contributed by atoms with Crippen molar-refractivity contribution in [2.75, 3.05) is 0 Å². The van der Waals surface area contributed by atoms with E-state index in [2.05, 4.69) is 156 Å². The SMILES string of the molecule is Cc1cc(Pc2c(C)cccc2P(c2ccccc2)c2ccccc2)c(OCc2ccccc2)c(C(C)(C)C)c1. The number of hydrogen-bond donors (Lipinski definition) is 0. The minimum atomic E-state index is -0.705. The van der Waals surface area contributed by atoms with Crippen molar-refractivity contribution < 1.29 is 4.74 Å². The molecular weight excluding hydrogens is 522 g/mol. The molecule has 0 spiro atoms. The van der Waals surface area contributed by atoms with E-state index in [-0.39, 0.29) is 5.41 Å². The number of ether oxygens (including phenoxy) is 1. The number of benzene rings is 5. The van der Waals surface area contributed by atoms with Gasteiger partial charge in [0.2, 0.25) is 0 Å². The molecule has 0 heterocycles. The molecule has 0 aliphatic rings. The van der Waals surface area contributed by atoms with Gasteiger partial charge in [0.1, 0.15) is 12.4 Å². The second-order valence-corrected chi connectivity index (χ2v) is 14.8. The summed E-state index contributed by atoms with van der Waals surface area (Å²) in [5.74, 6) is 1.04. The summed E-state index contributed by atoms with van der Waals surface area (Å²) in [6, 6.07) is 44.0. The third-order valence-electron chi connectivity index (χ3n) is 7.05. The Kier molecular flexibility index (Phi) is 8.85. The lowest BCUT2D eigenvalue weighted by atomic mass is 9.85. The van der Waals surface area contributed by atoms with Crippen molar-refractivity contribution in [2.24, 2.45) is 0 Å². The summed E-state index contributed by atoms with van der Waals surface area (Å²) >= 11 is 0. The molecule has 202 valence electrons. The summed E-state index contributed by atoms with van der Waals surface area (Å²) in [4.78, 5) is 0. The molecule has 0 fully saturated rings. The van der Waals surface area contributed by atoms with E-state index in [0.29, 0.717) is 15.2 Å². The van der Waals surface area contributed by atoms with E-state index in [4.69, 9.17) is 4.74 Å². The Bertz CT molecular complexity index is 1520. The van der Waals surface area contributed by atoms with Gasteiger partial charge in [-0.2, -0.15) is 0 Å². The molecule has 0 saturated carbocycles. The van der Waals surface area contributed by atoms with Crippen LogP contribution >= 0.6 is 16.5 Å². The summed E-state index contributed by atoms with van der Waals surface area (Å²) < 4.78 is 6.73. The predicted octanol–water partition coefficient (Wildman–Crippen LogP) is 7.57. The van der Waals surface area contributed by atoms with E-state index in [1.165, 1.54) is 48.8 Å². The minimum absolute atomic E-state index is 0.0352. The highest BCUT2D eigenvalue weighted by Gasteiger charge is 2.25. The molecule has 0 amide bonds. The molecule has 0 aromatic heterocycles. The van der Waals surface area contributed by atoms with Gasteiger partial charge in [0, 0.05) is 10.9 Å². The molecule has 5 rings (SSSR count). The molecule has 0 N–H and O–H groups in total. The van der Waals surface area contributed by atoms with Crippen LogP contribution in [-0.4, -0.2) is 0 Å². The first kappa shape index (κ1) is 28.3. The summed E-state index contributed by atoms with van der Waals surface area (Å²) in [7, 11) is -0.218. The van der Waals surface area contributed by atoms with Crippen LogP contribution in [0, 0.1) is 13.8 Å². The Morgan fingerprint density at radius 3 is 1.82 bits per heavy atom. The van der Waals surface area contributed by atoms with Crippen molar-refractivity contribution in [3.05, 3.63) is 144 Å². The zero-order valence-electron chi connectivity index (χ0n) is 24.1. The predicted molar refractivity (Wildman–Crippen MR) is 178 cm³/mol. The van der Waals surface area contributed by atoms with Gasteiger partial charge < -0.3 is 4.74 Å².